The van der Waals surface area contributed by atoms with E-state index in [9.17, 15) is 17.9 Å². The summed E-state index contributed by atoms with van der Waals surface area (Å²) in [6, 6.07) is 4.23. The molecule has 2 atom stereocenters. The third kappa shape index (κ3) is 2.95. The third-order valence-electron chi connectivity index (χ3n) is 2.65. The van der Waals surface area contributed by atoms with Gasteiger partial charge in [0.25, 0.3) is 0 Å². The van der Waals surface area contributed by atoms with Crippen LogP contribution in [0, 0.1) is 5.82 Å². The Morgan fingerprint density at radius 1 is 1.41 bits per heavy atom. The number of halogens is 1. The van der Waals surface area contributed by atoms with E-state index in [0.717, 1.165) is 6.26 Å². The fourth-order valence-corrected chi connectivity index (χ4v) is 2.02. The molecule has 0 aromatic heterocycles. The Bertz CT molecular complexity index is 498. The number of aliphatic hydroxyl groups is 1. The van der Waals surface area contributed by atoms with Gasteiger partial charge in [0.2, 0.25) is 0 Å². The Kier molecular flexibility index (Phi) is 4.11. The van der Waals surface area contributed by atoms with Gasteiger partial charge < -0.3 is 9.84 Å². The molecule has 1 aromatic rings. The highest BCUT2D eigenvalue weighted by Gasteiger charge is 2.28. The molecule has 0 aliphatic carbocycles. The van der Waals surface area contributed by atoms with Crippen molar-refractivity contribution >= 4 is 9.84 Å². The van der Waals surface area contributed by atoms with Crippen molar-refractivity contribution in [1.82, 2.24) is 0 Å². The lowest BCUT2D eigenvalue weighted by Gasteiger charge is -2.18. The molecule has 0 saturated heterocycles. The number of aliphatic hydroxyl groups excluding tert-OH is 1. The zero-order valence-corrected chi connectivity index (χ0v) is 10.7. The smallest absolute Gasteiger partial charge is 0.170 e. The molecule has 6 heteroatoms. The average molecular weight is 262 g/mol. The van der Waals surface area contributed by atoms with Crippen LogP contribution in [-0.4, -0.2) is 32.1 Å². The highest BCUT2D eigenvalue weighted by Crippen LogP contribution is 2.28. The van der Waals surface area contributed by atoms with E-state index in [1.807, 2.05) is 0 Å². The fraction of sp³-hybridized carbons (Fsp3) is 0.455. The van der Waals surface area contributed by atoms with Crippen LogP contribution in [0.5, 0.6) is 5.75 Å². The van der Waals surface area contributed by atoms with E-state index in [-0.39, 0.29) is 11.3 Å². The quantitative estimate of drug-likeness (QED) is 0.888. The third-order valence-corrected chi connectivity index (χ3v) is 4.26. The summed E-state index contributed by atoms with van der Waals surface area (Å²) in [5, 5.41) is 8.77. The summed E-state index contributed by atoms with van der Waals surface area (Å²) in [6.45, 7) is 1.33. The highest BCUT2D eigenvalue weighted by atomic mass is 32.2. The van der Waals surface area contributed by atoms with Gasteiger partial charge in [-0.15, -0.1) is 0 Å². The first kappa shape index (κ1) is 13.9. The molecular weight excluding hydrogens is 247 g/mol. The van der Waals surface area contributed by atoms with Crippen molar-refractivity contribution in [3.63, 3.8) is 0 Å². The van der Waals surface area contributed by atoms with Crippen LogP contribution >= 0.6 is 0 Å². The Labute approximate surface area is 100.0 Å². The van der Waals surface area contributed by atoms with Gasteiger partial charge in [-0.25, -0.2) is 12.8 Å². The Balaban J connectivity index is 3.17. The molecule has 0 spiro atoms. The molecule has 17 heavy (non-hydrogen) atoms. The number of hydrogen-bond donors (Lipinski definition) is 1. The zero-order chi connectivity index (χ0) is 13.2. The minimum Gasteiger partial charge on any atom is -0.494 e. The lowest BCUT2D eigenvalue weighted by Crippen LogP contribution is -2.25. The van der Waals surface area contributed by atoms with Crippen LogP contribution in [0.2, 0.25) is 0 Å². The average Bonchev–Trinajstić information content (AvgIpc) is 2.26. The molecule has 0 bridgehead atoms. The monoisotopic (exact) mass is 262 g/mol. The van der Waals surface area contributed by atoms with E-state index in [1.54, 1.807) is 0 Å². The van der Waals surface area contributed by atoms with Gasteiger partial charge in [-0.2, -0.15) is 0 Å². The van der Waals surface area contributed by atoms with Crippen LogP contribution in [-0.2, 0) is 9.84 Å². The number of methoxy groups -OCH3 is 1. The van der Waals surface area contributed by atoms with Crippen molar-refractivity contribution < 1.29 is 22.7 Å². The Morgan fingerprint density at radius 3 is 2.47 bits per heavy atom. The number of hydrogen-bond acceptors (Lipinski definition) is 4. The molecule has 0 saturated carbocycles. The number of benzene rings is 1. The Morgan fingerprint density at radius 2 is 2.00 bits per heavy atom. The standard InChI is InChI=1S/C11H15FO4S/c1-7(17(3,14)15)11(13)8-5-4-6-9(16-2)10(8)12/h4-7,11,13H,1-3H3. The molecule has 2 unspecified atom stereocenters. The maximum atomic E-state index is 13.8. The van der Waals surface area contributed by atoms with Crippen LogP contribution in [0.25, 0.3) is 0 Å². The molecule has 0 aliphatic rings. The largest absolute Gasteiger partial charge is 0.494 e. The molecule has 96 valence electrons. The second kappa shape index (κ2) is 5.01. The molecule has 0 amide bonds. The lowest BCUT2D eigenvalue weighted by atomic mass is 10.1. The maximum absolute atomic E-state index is 13.8. The van der Waals surface area contributed by atoms with Crippen LogP contribution in [0.1, 0.15) is 18.6 Å². The minimum absolute atomic E-state index is 0.0257. The van der Waals surface area contributed by atoms with Crippen molar-refractivity contribution in [2.24, 2.45) is 0 Å². The van der Waals surface area contributed by atoms with Gasteiger partial charge in [-0.3, -0.25) is 0 Å². The molecule has 0 fully saturated rings. The predicted molar refractivity (Wildman–Crippen MR) is 62.2 cm³/mol. The van der Waals surface area contributed by atoms with Gasteiger partial charge in [-0.1, -0.05) is 12.1 Å². The zero-order valence-electron chi connectivity index (χ0n) is 9.84. The summed E-state index contributed by atoms with van der Waals surface area (Å²) in [5.41, 5.74) is -0.0812. The first-order valence-corrected chi connectivity index (χ1v) is 6.93. The number of ether oxygens (including phenoxy) is 1. The number of rotatable bonds is 4. The summed E-state index contributed by atoms with van der Waals surface area (Å²) in [5.74, 6) is -0.764. The number of sulfone groups is 1. The molecule has 0 aliphatic heterocycles. The van der Waals surface area contributed by atoms with Crippen LogP contribution < -0.4 is 4.74 Å². The highest BCUT2D eigenvalue weighted by molar-refractivity contribution is 7.91. The topological polar surface area (TPSA) is 63.6 Å². The fourth-order valence-electron chi connectivity index (χ4n) is 1.40. The molecule has 1 rings (SSSR count). The molecule has 0 heterocycles. The normalized spacial score (nSPS) is 15.4. The van der Waals surface area contributed by atoms with E-state index < -0.39 is 27.0 Å². The SMILES string of the molecule is COc1cccc(C(O)C(C)S(C)(=O)=O)c1F. The van der Waals surface area contributed by atoms with Gasteiger partial charge in [0.15, 0.2) is 21.4 Å². The van der Waals surface area contributed by atoms with Crippen LogP contribution in [0.4, 0.5) is 4.39 Å². The summed E-state index contributed by atoms with van der Waals surface area (Å²) in [6.07, 6.45) is -0.418. The van der Waals surface area contributed by atoms with E-state index in [2.05, 4.69) is 0 Å². The van der Waals surface area contributed by atoms with Crippen LogP contribution in [0.15, 0.2) is 18.2 Å². The van der Waals surface area contributed by atoms with E-state index >= 15 is 0 Å². The summed E-state index contributed by atoms with van der Waals surface area (Å²) >= 11 is 0. The lowest BCUT2D eigenvalue weighted by molar-refractivity contribution is 0.170. The van der Waals surface area contributed by atoms with Crippen molar-refractivity contribution in [2.45, 2.75) is 18.3 Å². The van der Waals surface area contributed by atoms with Crippen LogP contribution in [0.3, 0.4) is 0 Å². The van der Waals surface area contributed by atoms with Gasteiger partial charge >= 0.3 is 0 Å². The molecule has 0 radical (unpaired) electrons. The summed E-state index contributed by atoms with van der Waals surface area (Å²) in [7, 11) is -2.14. The molecule has 1 N–H and O–H groups in total. The molecule has 1 aromatic carbocycles. The predicted octanol–water partition coefficient (Wildman–Crippen LogP) is 1.30. The van der Waals surface area contributed by atoms with Gasteiger partial charge in [0.05, 0.1) is 18.5 Å². The summed E-state index contributed by atoms with van der Waals surface area (Å²) in [4.78, 5) is 0. The van der Waals surface area contributed by atoms with Crippen molar-refractivity contribution in [1.29, 1.82) is 0 Å². The van der Waals surface area contributed by atoms with Gasteiger partial charge in [0, 0.05) is 11.8 Å². The van der Waals surface area contributed by atoms with E-state index in [1.165, 1.54) is 32.2 Å². The van der Waals surface area contributed by atoms with E-state index in [0.29, 0.717) is 0 Å². The van der Waals surface area contributed by atoms with Crippen molar-refractivity contribution in [2.75, 3.05) is 13.4 Å². The summed E-state index contributed by atoms with van der Waals surface area (Å²) < 4.78 is 41.2. The first-order chi connectivity index (χ1) is 7.79. The maximum Gasteiger partial charge on any atom is 0.170 e. The van der Waals surface area contributed by atoms with Gasteiger partial charge in [0.1, 0.15) is 0 Å². The van der Waals surface area contributed by atoms with Crippen molar-refractivity contribution in [3.8, 4) is 5.75 Å². The Hall–Kier alpha value is -1.14. The molecular formula is C11H15FO4S. The van der Waals surface area contributed by atoms with Gasteiger partial charge in [-0.05, 0) is 13.0 Å². The minimum atomic E-state index is -3.44. The second-order valence-electron chi connectivity index (χ2n) is 3.84. The molecule has 4 nitrogen and oxygen atoms in total. The second-order valence-corrected chi connectivity index (χ2v) is 6.25. The van der Waals surface area contributed by atoms with E-state index in [4.69, 9.17) is 4.74 Å². The first-order valence-electron chi connectivity index (χ1n) is 4.98. The van der Waals surface area contributed by atoms with Crippen molar-refractivity contribution in [3.05, 3.63) is 29.6 Å².